The van der Waals surface area contributed by atoms with E-state index in [9.17, 15) is 9.59 Å². The molecule has 1 unspecified atom stereocenters. The van der Waals surface area contributed by atoms with Crippen LogP contribution < -0.4 is 5.32 Å². The van der Waals surface area contributed by atoms with Gasteiger partial charge in [0.15, 0.2) is 0 Å². The highest BCUT2D eigenvalue weighted by atomic mass is 35.5. The lowest BCUT2D eigenvalue weighted by molar-refractivity contribution is -0.128. The van der Waals surface area contributed by atoms with Crippen molar-refractivity contribution in [2.45, 2.75) is 25.3 Å². The first kappa shape index (κ1) is 15.2. The predicted octanol–water partition coefficient (Wildman–Crippen LogP) is 2.48. The molecule has 1 aliphatic heterocycles. The molecular weight excluding hydrogens is 328 g/mol. The lowest BCUT2D eigenvalue weighted by Crippen LogP contribution is -2.30. The smallest absolute Gasteiger partial charge is 0.230 e. The van der Waals surface area contributed by atoms with Crippen molar-refractivity contribution in [1.29, 1.82) is 0 Å². The van der Waals surface area contributed by atoms with Crippen LogP contribution in [0.2, 0.25) is 5.02 Å². The first-order valence-corrected chi connectivity index (χ1v) is 8.40. The van der Waals surface area contributed by atoms with Crippen LogP contribution in [0.3, 0.4) is 0 Å². The van der Waals surface area contributed by atoms with Crippen LogP contribution in [0.4, 0.5) is 5.82 Å². The highest BCUT2D eigenvalue weighted by Crippen LogP contribution is 2.33. The molecule has 0 bridgehead atoms. The summed E-state index contributed by atoms with van der Waals surface area (Å²) >= 11 is 6.02. The second kappa shape index (κ2) is 5.94. The molecule has 2 amide bonds. The number of likely N-dealkylation sites (tertiary alicyclic amines) is 1. The number of carbonyl (C=O) groups excluding carboxylic acids is 2. The number of nitrogens with one attached hydrogen (secondary N) is 1. The summed E-state index contributed by atoms with van der Waals surface area (Å²) in [6.07, 6.45) is 4.02. The number of benzene rings is 1. The average Bonchev–Trinajstić information content (AvgIpc) is 3.17. The molecule has 1 saturated carbocycles. The fourth-order valence-corrected chi connectivity index (χ4v) is 3.27. The van der Waals surface area contributed by atoms with Gasteiger partial charge in [0.1, 0.15) is 5.82 Å². The molecule has 0 spiro atoms. The lowest BCUT2D eigenvalue weighted by atomic mass is 10.1. The quantitative estimate of drug-likeness (QED) is 0.926. The van der Waals surface area contributed by atoms with Crippen LogP contribution in [0.5, 0.6) is 0 Å². The summed E-state index contributed by atoms with van der Waals surface area (Å²) in [5.41, 5.74) is 0.768. The van der Waals surface area contributed by atoms with Gasteiger partial charge in [0.25, 0.3) is 0 Å². The Kier molecular flexibility index (Phi) is 3.76. The van der Waals surface area contributed by atoms with Crippen LogP contribution in [-0.4, -0.2) is 39.1 Å². The summed E-state index contributed by atoms with van der Waals surface area (Å²) in [5, 5.41) is 7.73. The molecule has 2 aliphatic rings. The Morgan fingerprint density at radius 3 is 2.88 bits per heavy atom. The van der Waals surface area contributed by atoms with Crippen LogP contribution in [0, 0.1) is 5.92 Å². The summed E-state index contributed by atoms with van der Waals surface area (Å²) in [7, 11) is 0. The van der Waals surface area contributed by atoms with Crippen molar-refractivity contribution in [2.75, 3.05) is 11.9 Å². The van der Waals surface area contributed by atoms with Crippen LogP contribution in [0.25, 0.3) is 5.69 Å². The van der Waals surface area contributed by atoms with Gasteiger partial charge in [0, 0.05) is 30.1 Å². The van der Waals surface area contributed by atoms with E-state index in [2.05, 4.69) is 10.4 Å². The molecule has 1 saturated heterocycles. The van der Waals surface area contributed by atoms with Crippen LogP contribution in [0.1, 0.15) is 19.3 Å². The van der Waals surface area contributed by atoms with Gasteiger partial charge in [-0.2, -0.15) is 5.10 Å². The van der Waals surface area contributed by atoms with Gasteiger partial charge >= 0.3 is 0 Å². The van der Waals surface area contributed by atoms with Crippen molar-refractivity contribution < 1.29 is 9.59 Å². The van der Waals surface area contributed by atoms with E-state index in [0.29, 0.717) is 23.4 Å². The van der Waals surface area contributed by atoms with E-state index in [-0.39, 0.29) is 24.2 Å². The van der Waals surface area contributed by atoms with Crippen molar-refractivity contribution in [3.8, 4) is 5.69 Å². The third-order valence-electron chi connectivity index (χ3n) is 4.46. The monoisotopic (exact) mass is 344 g/mol. The number of nitrogens with zero attached hydrogens (tertiary/aromatic N) is 3. The fourth-order valence-electron chi connectivity index (χ4n) is 3.09. The van der Waals surface area contributed by atoms with E-state index in [1.807, 2.05) is 17.0 Å². The topological polar surface area (TPSA) is 67.2 Å². The average molecular weight is 345 g/mol. The molecule has 1 N–H and O–H groups in total. The molecule has 1 aromatic heterocycles. The van der Waals surface area contributed by atoms with Gasteiger partial charge in [0.2, 0.25) is 11.8 Å². The lowest BCUT2D eigenvalue weighted by Gasteiger charge is -2.15. The van der Waals surface area contributed by atoms with E-state index >= 15 is 0 Å². The molecule has 4 rings (SSSR count). The van der Waals surface area contributed by atoms with Crippen molar-refractivity contribution in [2.24, 2.45) is 5.92 Å². The number of carbonyl (C=O) groups is 2. The molecule has 1 aliphatic carbocycles. The van der Waals surface area contributed by atoms with Gasteiger partial charge in [-0.1, -0.05) is 17.7 Å². The van der Waals surface area contributed by atoms with Crippen molar-refractivity contribution >= 4 is 29.2 Å². The van der Waals surface area contributed by atoms with E-state index in [4.69, 9.17) is 11.6 Å². The Bertz CT molecular complexity index is 799. The molecule has 6 nitrogen and oxygen atoms in total. The molecule has 2 fully saturated rings. The van der Waals surface area contributed by atoms with Crippen LogP contribution in [0.15, 0.2) is 36.5 Å². The fraction of sp³-hybridized carbons (Fsp3) is 0.353. The molecule has 1 aromatic carbocycles. The van der Waals surface area contributed by atoms with E-state index in [0.717, 1.165) is 18.5 Å². The summed E-state index contributed by atoms with van der Waals surface area (Å²) in [4.78, 5) is 26.4. The van der Waals surface area contributed by atoms with Gasteiger partial charge in [0.05, 0.1) is 17.8 Å². The second-order valence-electron chi connectivity index (χ2n) is 6.28. The molecule has 24 heavy (non-hydrogen) atoms. The summed E-state index contributed by atoms with van der Waals surface area (Å²) in [5.74, 6) is 0.205. The molecule has 0 radical (unpaired) electrons. The largest absolute Gasteiger partial charge is 0.339 e. The number of hydrogen-bond donors (Lipinski definition) is 1. The van der Waals surface area contributed by atoms with E-state index < -0.39 is 0 Å². The Morgan fingerprint density at radius 2 is 2.12 bits per heavy atom. The van der Waals surface area contributed by atoms with Gasteiger partial charge < -0.3 is 10.2 Å². The van der Waals surface area contributed by atoms with Gasteiger partial charge in [-0.15, -0.1) is 0 Å². The molecular formula is C17H17ClN4O2. The minimum atomic E-state index is -0.305. The minimum absolute atomic E-state index is 0.0843. The Balaban J connectivity index is 1.49. The maximum absolute atomic E-state index is 12.5. The normalized spacial score (nSPS) is 20.5. The van der Waals surface area contributed by atoms with Crippen molar-refractivity contribution in [1.82, 2.24) is 14.7 Å². The molecule has 124 valence electrons. The van der Waals surface area contributed by atoms with Crippen molar-refractivity contribution in [3.63, 3.8) is 0 Å². The standard InChI is InChI=1S/C17H17ClN4O2/c18-12-2-1-3-14(9-12)22-15(6-7-19-22)20-17(24)11-8-16(23)21(10-11)13-4-5-13/h1-3,6-7,9,11,13H,4-5,8,10H2,(H,20,24). The SMILES string of the molecule is O=C(Nc1ccnn1-c1cccc(Cl)c1)C1CC(=O)N(C2CC2)C1. The Hall–Kier alpha value is -2.34. The first-order valence-electron chi connectivity index (χ1n) is 8.02. The number of anilines is 1. The van der Waals surface area contributed by atoms with Crippen LogP contribution >= 0.6 is 11.6 Å². The Labute approximate surface area is 144 Å². The van der Waals surface area contributed by atoms with Gasteiger partial charge in [-0.05, 0) is 31.0 Å². The zero-order valence-electron chi connectivity index (χ0n) is 13.0. The number of rotatable bonds is 4. The minimum Gasteiger partial charge on any atom is -0.339 e. The van der Waals surface area contributed by atoms with Gasteiger partial charge in [-0.3, -0.25) is 9.59 Å². The van der Waals surface area contributed by atoms with Crippen LogP contribution in [-0.2, 0) is 9.59 Å². The molecule has 7 heteroatoms. The number of amides is 2. The third kappa shape index (κ3) is 2.89. The number of hydrogen-bond acceptors (Lipinski definition) is 3. The maximum Gasteiger partial charge on any atom is 0.230 e. The third-order valence-corrected chi connectivity index (χ3v) is 4.70. The zero-order chi connectivity index (χ0) is 16.7. The Morgan fingerprint density at radius 1 is 1.29 bits per heavy atom. The van der Waals surface area contributed by atoms with Crippen molar-refractivity contribution in [3.05, 3.63) is 41.6 Å². The zero-order valence-corrected chi connectivity index (χ0v) is 13.7. The highest BCUT2D eigenvalue weighted by Gasteiger charge is 2.41. The first-order chi connectivity index (χ1) is 11.6. The summed E-state index contributed by atoms with van der Waals surface area (Å²) in [6, 6.07) is 9.33. The second-order valence-corrected chi connectivity index (χ2v) is 6.71. The number of aromatic nitrogens is 2. The number of halogens is 1. The predicted molar refractivity (Wildman–Crippen MR) is 90.0 cm³/mol. The summed E-state index contributed by atoms with van der Waals surface area (Å²) < 4.78 is 1.62. The van der Waals surface area contributed by atoms with E-state index in [1.54, 1.807) is 29.1 Å². The summed E-state index contributed by atoms with van der Waals surface area (Å²) in [6.45, 7) is 0.515. The maximum atomic E-state index is 12.5. The molecule has 2 heterocycles. The van der Waals surface area contributed by atoms with E-state index in [1.165, 1.54) is 0 Å². The molecule has 2 aromatic rings. The van der Waals surface area contributed by atoms with Gasteiger partial charge in [-0.25, -0.2) is 4.68 Å². The molecule has 1 atom stereocenters. The highest BCUT2D eigenvalue weighted by molar-refractivity contribution is 6.30.